The third-order valence-electron chi connectivity index (χ3n) is 3.00. The molecule has 0 atom stereocenters. The van der Waals surface area contributed by atoms with Crippen molar-refractivity contribution in [2.75, 3.05) is 5.73 Å². The summed E-state index contributed by atoms with van der Waals surface area (Å²) in [5.41, 5.74) is 6.88. The van der Waals surface area contributed by atoms with Crippen LogP contribution in [0.15, 0.2) is 30.5 Å². The van der Waals surface area contributed by atoms with Gasteiger partial charge in [-0.05, 0) is 31.2 Å². The first-order valence-corrected chi connectivity index (χ1v) is 6.36. The standard InChI is InChI=1S/C15H14FN3O2/c1-2-19-8-12(18)6-14(19)15(20)21-9-11-5-10(7-17)3-4-13(11)16/h3-6,8H,2,9,18H2,1H3. The first-order chi connectivity index (χ1) is 10.0. The minimum Gasteiger partial charge on any atom is -0.456 e. The summed E-state index contributed by atoms with van der Waals surface area (Å²) in [4.78, 5) is 12.0. The highest BCUT2D eigenvalue weighted by atomic mass is 19.1. The molecule has 6 heteroatoms. The summed E-state index contributed by atoms with van der Waals surface area (Å²) in [5, 5.41) is 8.78. The number of nitrogens with two attached hydrogens (primary N) is 1. The van der Waals surface area contributed by atoms with Crippen LogP contribution < -0.4 is 5.73 Å². The zero-order valence-corrected chi connectivity index (χ0v) is 11.5. The number of carbonyl (C=O) groups excluding carboxylic acids is 1. The maximum absolute atomic E-state index is 13.6. The van der Waals surface area contributed by atoms with Gasteiger partial charge in [0.05, 0.1) is 17.3 Å². The van der Waals surface area contributed by atoms with Crippen LogP contribution in [0.5, 0.6) is 0 Å². The SMILES string of the molecule is CCn1cc(N)cc1C(=O)OCc1cc(C#N)ccc1F. The van der Waals surface area contributed by atoms with Gasteiger partial charge in [-0.2, -0.15) is 5.26 Å². The average molecular weight is 287 g/mol. The smallest absolute Gasteiger partial charge is 0.355 e. The van der Waals surface area contributed by atoms with E-state index in [1.807, 2.05) is 13.0 Å². The number of rotatable bonds is 4. The van der Waals surface area contributed by atoms with Gasteiger partial charge in [-0.1, -0.05) is 0 Å². The predicted molar refractivity (Wildman–Crippen MR) is 74.8 cm³/mol. The molecule has 0 saturated carbocycles. The number of hydrogen-bond acceptors (Lipinski definition) is 4. The van der Waals surface area contributed by atoms with Crippen molar-refractivity contribution in [3.05, 3.63) is 53.1 Å². The number of anilines is 1. The topological polar surface area (TPSA) is 81.0 Å². The number of halogens is 1. The van der Waals surface area contributed by atoms with Crippen molar-refractivity contribution in [2.24, 2.45) is 0 Å². The Morgan fingerprint density at radius 3 is 2.90 bits per heavy atom. The lowest BCUT2D eigenvalue weighted by atomic mass is 10.1. The fourth-order valence-electron chi connectivity index (χ4n) is 1.94. The van der Waals surface area contributed by atoms with E-state index in [0.29, 0.717) is 23.5 Å². The largest absolute Gasteiger partial charge is 0.456 e. The number of nitriles is 1. The molecule has 21 heavy (non-hydrogen) atoms. The lowest BCUT2D eigenvalue weighted by Crippen LogP contribution is -2.11. The van der Waals surface area contributed by atoms with E-state index in [1.54, 1.807) is 10.8 Å². The molecule has 0 saturated heterocycles. The van der Waals surface area contributed by atoms with Crippen LogP contribution in [0.4, 0.5) is 10.1 Å². The van der Waals surface area contributed by atoms with Crippen molar-refractivity contribution >= 4 is 11.7 Å². The maximum Gasteiger partial charge on any atom is 0.355 e. The second-order valence-corrected chi connectivity index (χ2v) is 4.44. The Labute approximate surface area is 121 Å². The van der Waals surface area contributed by atoms with Gasteiger partial charge in [0.15, 0.2) is 0 Å². The van der Waals surface area contributed by atoms with Crippen LogP contribution in [-0.2, 0) is 17.9 Å². The summed E-state index contributed by atoms with van der Waals surface area (Å²) in [7, 11) is 0. The second kappa shape index (κ2) is 6.09. The molecule has 1 aromatic heterocycles. The lowest BCUT2D eigenvalue weighted by molar-refractivity contribution is 0.0456. The van der Waals surface area contributed by atoms with Crippen molar-refractivity contribution < 1.29 is 13.9 Å². The molecular weight excluding hydrogens is 273 g/mol. The molecule has 1 heterocycles. The normalized spacial score (nSPS) is 10.1. The van der Waals surface area contributed by atoms with Crippen LogP contribution in [0, 0.1) is 17.1 Å². The zero-order chi connectivity index (χ0) is 15.4. The number of aryl methyl sites for hydroxylation is 1. The van der Waals surface area contributed by atoms with Gasteiger partial charge < -0.3 is 15.0 Å². The molecule has 0 amide bonds. The number of esters is 1. The van der Waals surface area contributed by atoms with Crippen molar-refractivity contribution in [3.63, 3.8) is 0 Å². The Hall–Kier alpha value is -2.81. The molecule has 2 N–H and O–H groups in total. The molecule has 0 bridgehead atoms. The summed E-state index contributed by atoms with van der Waals surface area (Å²) >= 11 is 0. The first-order valence-electron chi connectivity index (χ1n) is 6.36. The van der Waals surface area contributed by atoms with Crippen LogP contribution >= 0.6 is 0 Å². The summed E-state index contributed by atoms with van der Waals surface area (Å²) in [6, 6.07) is 7.31. The van der Waals surface area contributed by atoms with E-state index in [0.717, 1.165) is 0 Å². The van der Waals surface area contributed by atoms with Gasteiger partial charge in [0.2, 0.25) is 0 Å². The van der Waals surface area contributed by atoms with Crippen LogP contribution in [0.2, 0.25) is 0 Å². The van der Waals surface area contributed by atoms with Gasteiger partial charge in [-0.3, -0.25) is 0 Å². The molecule has 0 unspecified atom stereocenters. The summed E-state index contributed by atoms with van der Waals surface area (Å²) in [6.07, 6.45) is 1.63. The molecule has 0 aliphatic carbocycles. The zero-order valence-electron chi connectivity index (χ0n) is 11.5. The molecule has 108 valence electrons. The van der Waals surface area contributed by atoms with Crippen molar-refractivity contribution in [2.45, 2.75) is 20.1 Å². The third kappa shape index (κ3) is 3.20. The molecule has 0 spiro atoms. The summed E-state index contributed by atoms with van der Waals surface area (Å²) < 4.78 is 20.3. The highest BCUT2D eigenvalue weighted by Crippen LogP contribution is 2.15. The average Bonchev–Trinajstić information content (AvgIpc) is 2.87. The molecule has 1 aromatic carbocycles. The van der Waals surface area contributed by atoms with Crippen molar-refractivity contribution in [3.8, 4) is 6.07 Å². The molecule has 0 radical (unpaired) electrons. The Bertz CT molecular complexity index is 716. The number of nitrogen functional groups attached to an aromatic ring is 1. The molecule has 0 aliphatic rings. The molecule has 0 fully saturated rings. The van der Waals surface area contributed by atoms with E-state index < -0.39 is 11.8 Å². The van der Waals surface area contributed by atoms with E-state index in [9.17, 15) is 9.18 Å². The Kier molecular flexibility index (Phi) is 4.24. The maximum atomic E-state index is 13.6. The Balaban J connectivity index is 2.13. The first kappa shape index (κ1) is 14.6. The minimum absolute atomic E-state index is 0.157. The van der Waals surface area contributed by atoms with Gasteiger partial charge in [0.1, 0.15) is 18.1 Å². The second-order valence-electron chi connectivity index (χ2n) is 4.44. The number of aromatic nitrogens is 1. The molecular formula is C15H14FN3O2. The fourth-order valence-corrected chi connectivity index (χ4v) is 1.94. The number of nitrogens with zero attached hydrogens (tertiary/aromatic N) is 2. The van der Waals surface area contributed by atoms with Crippen molar-refractivity contribution in [1.29, 1.82) is 5.26 Å². The molecule has 5 nitrogen and oxygen atoms in total. The summed E-state index contributed by atoms with van der Waals surface area (Å²) in [6.45, 7) is 2.20. The third-order valence-corrected chi connectivity index (χ3v) is 3.00. The monoisotopic (exact) mass is 287 g/mol. The number of benzene rings is 1. The molecule has 2 rings (SSSR count). The Morgan fingerprint density at radius 1 is 1.48 bits per heavy atom. The van der Waals surface area contributed by atoms with Gasteiger partial charge in [-0.25, -0.2) is 9.18 Å². The van der Waals surface area contributed by atoms with Gasteiger partial charge in [0, 0.05) is 18.3 Å². The predicted octanol–water partition coefficient (Wildman–Crippen LogP) is 2.46. The van der Waals surface area contributed by atoms with Gasteiger partial charge in [-0.15, -0.1) is 0 Å². The number of hydrogen-bond donors (Lipinski definition) is 1. The van der Waals surface area contributed by atoms with Crippen LogP contribution in [0.1, 0.15) is 28.5 Å². The van der Waals surface area contributed by atoms with E-state index in [1.165, 1.54) is 24.3 Å². The van der Waals surface area contributed by atoms with E-state index in [2.05, 4.69) is 0 Å². The highest BCUT2D eigenvalue weighted by molar-refractivity contribution is 5.89. The number of ether oxygens (including phenoxy) is 1. The van der Waals surface area contributed by atoms with Gasteiger partial charge >= 0.3 is 5.97 Å². The fraction of sp³-hybridized carbons (Fsp3) is 0.200. The van der Waals surface area contributed by atoms with Crippen molar-refractivity contribution in [1.82, 2.24) is 4.57 Å². The van der Waals surface area contributed by atoms with Crippen LogP contribution in [0.25, 0.3) is 0 Å². The highest BCUT2D eigenvalue weighted by Gasteiger charge is 2.15. The van der Waals surface area contributed by atoms with E-state index in [-0.39, 0.29) is 12.2 Å². The van der Waals surface area contributed by atoms with E-state index >= 15 is 0 Å². The quantitative estimate of drug-likeness (QED) is 0.876. The van der Waals surface area contributed by atoms with Gasteiger partial charge in [0.25, 0.3) is 0 Å². The lowest BCUT2D eigenvalue weighted by Gasteiger charge is -2.08. The minimum atomic E-state index is -0.588. The number of carbonyl (C=O) groups is 1. The molecule has 2 aromatic rings. The molecule has 0 aliphatic heterocycles. The van der Waals surface area contributed by atoms with Crippen LogP contribution in [-0.4, -0.2) is 10.5 Å². The van der Waals surface area contributed by atoms with Crippen LogP contribution in [0.3, 0.4) is 0 Å². The Morgan fingerprint density at radius 2 is 2.24 bits per heavy atom. The van der Waals surface area contributed by atoms with E-state index in [4.69, 9.17) is 15.7 Å². The summed E-state index contributed by atoms with van der Waals surface area (Å²) in [5.74, 6) is -1.11.